The molecular weight excluding hydrogens is 480 g/mol. The van der Waals surface area contributed by atoms with Crippen molar-refractivity contribution in [2.75, 3.05) is 10.6 Å². The molecule has 0 radical (unpaired) electrons. The van der Waals surface area contributed by atoms with E-state index in [0.717, 1.165) is 22.5 Å². The van der Waals surface area contributed by atoms with Gasteiger partial charge in [-0.15, -0.1) is 5.10 Å². The largest absolute Gasteiger partial charge is 0.338 e. The summed E-state index contributed by atoms with van der Waals surface area (Å²) in [6, 6.07) is 29.0. The van der Waals surface area contributed by atoms with Crippen LogP contribution in [0.3, 0.4) is 0 Å². The molecule has 0 aliphatic rings. The summed E-state index contributed by atoms with van der Waals surface area (Å²) >= 11 is 0. The lowest BCUT2D eigenvalue weighted by atomic mass is 10.1. The number of tetrazole rings is 1. The van der Waals surface area contributed by atoms with Crippen LogP contribution in [0.5, 0.6) is 0 Å². The number of carbonyl (C=O) groups excluding carboxylic acids is 2. The number of anilines is 2. The molecule has 0 fully saturated rings. The first-order valence-electron chi connectivity index (χ1n) is 11.7. The van der Waals surface area contributed by atoms with Gasteiger partial charge in [-0.25, -0.2) is 9.67 Å². The summed E-state index contributed by atoms with van der Waals surface area (Å²) in [6.07, 6.45) is 1.49. The van der Waals surface area contributed by atoms with E-state index in [2.05, 4.69) is 36.1 Å². The van der Waals surface area contributed by atoms with Crippen LogP contribution in [0.1, 0.15) is 20.7 Å². The number of nitrogens with zero attached hydrogens (tertiary/aromatic N) is 5. The van der Waals surface area contributed by atoms with Crippen molar-refractivity contribution in [3.05, 3.63) is 115 Å². The van der Waals surface area contributed by atoms with Crippen molar-refractivity contribution < 1.29 is 9.59 Å². The number of aromatic nitrogens is 6. The van der Waals surface area contributed by atoms with Crippen molar-refractivity contribution in [1.29, 1.82) is 0 Å². The molecule has 2 aromatic heterocycles. The number of benzene rings is 4. The number of rotatable bonds is 6. The molecule has 0 atom stereocenters. The van der Waals surface area contributed by atoms with Gasteiger partial charge in [0.1, 0.15) is 12.2 Å². The zero-order valence-corrected chi connectivity index (χ0v) is 19.9. The second kappa shape index (κ2) is 9.78. The average molecular weight is 501 g/mol. The zero-order chi connectivity index (χ0) is 25.9. The van der Waals surface area contributed by atoms with Crippen LogP contribution in [0.2, 0.25) is 0 Å². The normalized spacial score (nSPS) is 10.8. The summed E-state index contributed by atoms with van der Waals surface area (Å²) in [5.41, 5.74) is 5.53. The van der Waals surface area contributed by atoms with Gasteiger partial charge in [0.25, 0.3) is 11.8 Å². The molecule has 3 N–H and O–H groups in total. The van der Waals surface area contributed by atoms with Crippen LogP contribution in [0, 0.1) is 0 Å². The van der Waals surface area contributed by atoms with E-state index in [9.17, 15) is 9.59 Å². The Labute approximate surface area is 216 Å². The summed E-state index contributed by atoms with van der Waals surface area (Å²) in [6.45, 7) is 0. The lowest BCUT2D eigenvalue weighted by Crippen LogP contribution is -2.11. The minimum atomic E-state index is -0.243. The van der Waals surface area contributed by atoms with Gasteiger partial charge >= 0.3 is 0 Å². The summed E-state index contributed by atoms with van der Waals surface area (Å²) in [4.78, 5) is 33.2. The molecule has 2 heterocycles. The van der Waals surface area contributed by atoms with Crippen LogP contribution in [0.25, 0.3) is 28.1 Å². The fourth-order valence-electron chi connectivity index (χ4n) is 3.97. The maximum absolute atomic E-state index is 12.8. The Kier molecular flexibility index (Phi) is 5.87. The van der Waals surface area contributed by atoms with E-state index in [4.69, 9.17) is 0 Å². The van der Waals surface area contributed by atoms with Crippen molar-refractivity contribution in [2.45, 2.75) is 0 Å². The van der Waals surface area contributed by atoms with Crippen molar-refractivity contribution in [3.63, 3.8) is 0 Å². The van der Waals surface area contributed by atoms with Gasteiger partial charge in [-0.2, -0.15) is 0 Å². The molecule has 0 aliphatic heterocycles. The number of para-hydroxylation sites is 1. The number of aromatic amines is 1. The molecule has 0 saturated carbocycles. The van der Waals surface area contributed by atoms with E-state index < -0.39 is 0 Å². The number of hydrogen-bond acceptors (Lipinski definition) is 6. The SMILES string of the molecule is O=C(Nc1ccccc1)c1ccc(-c2nc3cc(NC(=O)c4ccc(-n5cnnn5)cc4)ccc3[nH]2)cc1. The van der Waals surface area contributed by atoms with Gasteiger partial charge in [-0.1, -0.05) is 30.3 Å². The number of carbonyl (C=O) groups is 2. The van der Waals surface area contributed by atoms with Gasteiger partial charge in [-0.3, -0.25) is 9.59 Å². The second-order valence-corrected chi connectivity index (χ2v) is 8.47. The monoisotopic (exact) mass is 500 g/mol. The van der Waals surface area contributed by atoms with E-state index in [-0.39, 0.29) is 11.8 Å². The van der Waals surface area contributed by atoms with Crippen LogP contribution < -0.4 is 10.6 Å². The maximum Gasteiger partial charge on any atom is 0.255 e. The Morgan fingerprint density at radius 1 is 0.737 bits per heavy atom. The molecular formula is C28H20N8O2. The lowest BCUT2D eigenvalue weighted by Gasteiger charge is -2.06. The fraction of sp³-hybridized carbons (Fsp3) is 0. The molecule has 6 aromatic rings. The topological polar surface area (TPSA) is 130 Å². The maximum atomic E-state index is 12.8. The van der Waals surface area contributed by atoms with Crippen molar-refractivity contribution in [2.24, 2.45) is 0 Å². The minimum Gasteiger partial charge on any atom is -0.338 e. The standard InChI is InChI=1S/C28H20N8O2/c37-27(30-21-4-2-1-3-5-21)19-8-6-18(7-9-19)26-32-24-15-12-22(16-25(24)33-26)31-28(38)20-10-13-23(14-11-20)36-17-29-34-35-36/h1-17H,(H,30,37)(H,31,38)(H,32,33). The summed E-state index contributed by atoms with van der Waals surface area (Å²) < 4.78 is 1.51. The quantitative estimate of drug-likeness (QED) is 0.304. The Morgan fingerprint density at radius 3 is 2.11 bits per heavy atom. The minimum absolute atomic E-state index is 0.183. The highest BCUT2D eigenvalue weighted by molar-refractivity contribution is 6.05. The van der Waals surface area contributed by atoms with E-state index in [1.807, 2.05) is 60.7 Å². The molecule has 6 rings (SSSR count). The van der Waals surface area contributed by atoms with Gasteiger partial charge in [0.2, 0.25) is 0 Å². The third kappa shape index (κ3) is 4.73. The molecule has 0 aliphatic carbocycles. The van der Waals surface area contributed by atoms with E-state index in [0.29, 0.717) is 28.2 Å². The van der Waals surface area contributed by atoms with E-state index in [1.165, 1.54) is 11.0 Å². The molecule has 0 spiro atoms. The number of H-pyrrole nitrogens is 1. The first kappa shape index (κ1) is 22.8. The van der Waals surface area contributed by atoms with Crippen LogP contribution in [0.15, 0.2) is 103 Å². The van der Waals surface area contributed by atoms with Gasteiger partial charge in [0.15, 0.2) is 0 Å². The molecule has 184 valence electrons. The van der Waals surface area contributed by atoms with Crippen LogP contribution in [-0.2, 0) is 0 Å². The molecule has 10 heteroatoms. The predicted molar refractivity (Wildman–Crippen MR) is 143 cm³/mol. The third-order valence-corrected chi connectivity index (χ3v) is 5.94. The van der Waals surface area contributed by atoms with Crippen molar-refractivity contribution in [3.8, 4) is 17.1 Å². The Bertz CT molecular complexity index is 1730. The fourth-order valence-corrected chi connectivity index (χ4v) is 3.97. The highest BCUT2D eigenvalue weighted by atomic mass is 16.2. The first-order valence-corrected chi connectivity index (χ1v) is 11.7. The van der Waals surface area contributed by atoms with Gasteiger partial charge in [0, 0.05) is 28.1 Å². The number of amides is 2. The number of hydrogen-bond donors (Lipinski definition) is 3. The highest BCUT2D eigenvalue weighted by Gasteiger charge is 2.11. The Balaban J connectivity index is 1.15. The van der Waals surface area contributed by atoms with Crippen molar-refractivity contribution in [1.82, 2.24) is 30.2 Å². The lowest BCUT2D eigenvalue weighted by molar-refractivity contribution is 0.101. The molecule has 38 heavy (non-hydrogen) atoms. The molecule has 0 saturated heterocycles. The van der Waals surface area contributed by atoms with Gasteiger partial charge in [0.05, 0.1) is 16.7 Å². The van der Waals surface area contributed by atoms with Crippen LogP contribution in [0.4, 0.5) is 11.4 Å². The molecule has 0 unspecified atom stereocenters. The molecule has 4 aromatic carbocycles. The van der Waals surface area contributed by atoms with Gasteiger partial charge in [-0.05, 0) is 77.2 Å². The highest BCUT2D eigenvalue weighted by Crippen LogP contribution is 2.24. The summed E-state index contributed by atoms with van der Waals surface area (Å²) in [7, 11) is 0. The zero-order valence-electron chi connectivity index (χ0n) is 19.9. The predicted octanol–water partition coefficient (Wildman–Crippen LogP) is 4.71. The van der Waals surface area contributed by atoms with E-state index >= 15 is 0 Å². The Hall–Kier alpha value is -5.64. The molecule has 0 bridgehead atoms. The number of imidazole rings is 1. The second-order valence-electron chi connectivity index (χ2n) is 8.47. The van der Waals surface area contributed by atoms with E-state index in [1.54, 1.807) is 36.4 Å². The van der Waals surface area contributed by atoms with Crippen LogP contribution >= 0.6 is 0 Å². The molecule has 2 amide bonds. The smallest absolute Gasteiger partial charge is 0.255 e. The summed E-state index contributed by atoms with van der Waals surface area (Å²) in [5, 5.41) is 16.8. The van der Waals surface area contributed by atoms with Crippen molar-refractivity contribution >= 4 is 34.2 Å². The number of nitrogens with one attached hydrogen (secondary N) is 3. The third-order valence-electron chi connectivity index (χ3n) is 5.94. The summed E-state index contributed by atoms with van der Waals surface area (Å²) in [5.74, 6) is 0.238. The first-order chi connectivity index (χ1) is 18.6. The van der Waals surface area contributed by atoms with Crippen LogP contribution in [-0.4, -0.2) is 42.0 Å². The average Bonchev–Trinajstić information content (AvgIpc) is 3.64. The molecule has 10 nitrogen and oxygen atoms in total. The Morgan fingerprint density at radius 2 is 1.42 bits per heavy atom. The number of fused-ring (bicyclic) bond motifs is 1. The van der Waals surface area contributed by atoms with Gasteiger partial charge < -0.3 is 15.6 Å².